The number of hydrogen-bond acceptors (Lipinski definition) is 5. The summed E-state index contributed by atoms with van der Waals surface area (Å²) in [4.78, 5) is 3.95. The first kappa shape index (κ1) is 12.3. The van der Waals surface area contributed by atoms with Crippen LogP contribution in [0.15, 0.2) is 23.2 Å². The summed E-state index contributed by atoms with van der Waals surface area (Å²) in [6.07, 6.45) is 1.50. The van der Waals surface area contributed by atoms with E-state index in [0.29, 0.717) is 0 Å². The maximum absolute atomic E-state index is 9.15. The SMILES string of the molecule is CC(N)C(c1ccsc1)n1cnc(C#N)c1C#N. The fourth-order valence-electron chi connectivity index (χ4n) is 1.93. The van der Waals surface area contributed by atoms with Crippen LogP contribution < -0.4 is 5.73 Å². The second kappa shape index (κ2) is 5.01. The molecular weight excluding hydrogens is 246 g/mol. The number of thiophene rings is 1. The Labute approximate surface area is 109 Å². The highest BCUT2D eigenvalue weighted by Gasteiger charge is 2.23. The molecule has 18 heavy (non-hydrogen) atoms. The average Bonchev–Trinajstić information content (AvgIpc) is 2.98. The normalized spacial score (nSPS) is 13.6. The predicted octanol–water partition coefficient (Wildman–Crippen LogP) is 1.62. The van der Waals surface area contributed by atoms with Crippen LogP contribution in [0.5, 0.6) is 0 Å². The molecule has 0 fully saturated rings. The average molecular weight is 257 g/mol. The number of rotatable bonds is 3. The van der Waals surface area contributed by atoms with Crippen LogP contribution in [0.4, 0.5) is 0 Å². The van der Waals surface area contributed by atoms with E-state index in [1.807, 2.05) is 35.9 Å². The van der Waals surface area contributed by atoms with Crippen LogP contribution >= 0.6 is 11.3 Å². The molecule has 5 nitrogen and oxygen atoms in total. The number of nitrogens with zero attached hydrogens (tertiary/aromatic N) is 4. The summed E-state index contributed by atoms with van der Waals surface area (Å²) in [7, 11) is 0. The highest BCUT2D eigenvalue weighted by atomic mass is 32.1. The largest absolute Gasteiger partial charge is 0.326 e. The smallest absolute Gasteiger partial charge is 0.176 e. The van der Waals surface area contributed by atoms with Gasteiger partial charge in [0.1, 0.15) is 12.1 Å². The third-order valence-electron chi connectivity index (χ3n) is 2.69. The van der Waals surface area contributed by atoms with Crippen LogP contribution in [0.25, 0.3) is 0 Å². The van der Waals surface area contributed by atoms with Crippen LogP contribution in [-0.2, 0) is 0 Å². The van der Waals surface area contributed by atoms with Crippen molar-refractivity contribution in [2.24, 2.45) is 5.73 Å². The molecule has 0 amide bonds. The van der Waals surface area contributed by atoms with Crippen molar-refractivity contribution in [2.75, 3.05) is 0 Å². The number of imidazole rings is 1. The zero-order valence-corrected chi connectivity index (χ0v) is 10.6. The lowest BCUT2D eigenvalue weighted by Gasteiger charge is -2.22. The standard InChI is InChI=1S/C12H11N5S/c1-8(15)12(9-2-3-18-6-9)17-7-16-10(4-13)11(17)5-14/h2-3,6-8,12H,15H2,1H3. The van der Waals surface area contributed by atoms with Crippen LogP contribution in [0.2, 0.25) is 0 Å². The number of nitrogens with two attached hydrogens (primary N) is 1. The zero-order chi connectivity index (χ0) is 13.1. The Kier molecular flexibility index (Phi) is 3.42. The minimum absolute atomic E-state index is 0.137. The van der Waals surface area contributed by atoms with Crippen molar-refractivity contribution in [1.82, 2.24) is 9.55 Å². The predicted molar refractivity (Wildman–Crippen MR) is 67.8 cm³/mol. The fraction of sp³-hybridized carbons (Fsp3) is 0.250. The molecule has 2 aromatic rings. The van der Waals surface area contributed by atoms with Gasteiger partial charge in [-0.25, -0.2) is 4.98 Å². The van der Waals surface area contributed by atoms with Crippen LogP contribution in [0.3, 0.4) is 0 Å². The lowest BCUT2D eigenvalue weighted by Crippen LogP contribution is -2.30. The summed E-state index contributed by atoms with van der Waals surface area (Å²) in [5, 5.41) is 22.0. The Bertz CT molecular complexity index is 612. The van der Waals surface area contributed by atoms with Gasteiger partial charge in [0.2, 0.25) is 0 Å². The van der Waals surface area contributed by atoms with Gasteiger partial charge in [0.25, 0.3) is 0 Å². The van der Waals surface area contributed by atoms with Crippen molar-refractivity contribution >= 4 is 11.3 Å². The molecule has 0 bridgehead atoms. The summed E-state index contributed by atoms with van der Waals surface area (Å²) >= 11 is 1.57. The second-order valence-corrected chi connectivity index (χ2v) is 4.71. The van der Waals surface area contributed by atoms with Crippen LogP contribution in [0, 0.1) is 22.7 Å². The van der Waals surface area contributed by atoms with Crippen molar-refractivity contribution in [3.05, 3.63) is 40.1 Å². The molecule has 2 N–H and O–H groups in total. The molecule has 2 rings (SSSR count). The minimum Gasteiger partial charge on any atom is -0.326 e. The molecule has 90 valence electrons. The highest BCUT2D eigenvalue weighted by Crippen LogP contribution is 2.25. The minimum atomic E-state index is -0.188. The lowest BCUT2D eigenvalue weighted by molar-refractivity contribution is 0.493. The summed E-state index contributed by atoms with van der Waals surface area (Å²) < 4.78 is 1.67. The lowest BCUT2D eigenvalue weighted by atomic mass is 10.0. The van der Waals surface area contributed by atoms with E-state index in [1.165, 1.54) is 6.33 Å². The highest BCUT2D eigenvalue weighted by molar-refractivity contribution is 7.07. The monoisotopic (exact) mass is 257 g/mol. The molecule has 2 atom stereocenters. The van der Waals surface area contributed by atoms with Gasteiger partial charge in [-0.3, -0.25) is 0 Å². The Balaban J connectivity index is 2.55. The summed E-state index contributed by atoms with van der Waals surface area (Å²) in [5.74, 6) is 0. The van der Waals surface area contributed by atoms with E-state index in [0.717, 1.165) is 5.56 Å². The van der Waals surface area contributed by atoms with Crippen molar-refractivity contribution in [3.63, 3.8) is 0 Å². The molecule has 2 heterocycles. The van der Waals surface area contributed by atoms with E-state index in [-0.39, 0.29) is 23.5 Å². The van der Waals surface area contributed by atoms with Gasteiger partial charge in [-0.2, -0.15) is 21.9 Å². The third kappa shape index (κ3) is 2.00. The van der Waals surface area contributed by atoms with Gasteiger partial charge in [-0.05, 0) is 29.3 Å². The fourth-order valence-corrected chi connectivity index (χ4v) is 2.61. The van der Waals surface area contributed by atoms with Gasteiger partial charge in [-0.1, -0.05) is 0 Å². The molecule has 0 aliphatic rings. The molecule has 0 saturated carbocycles. The molecule has 0 aliphatic carbocycles. The summed E-state index contributed by atoms with van der Waals surface area (Å²) in [5.41, 5.74) is 7.41. The molecule has 2 aromatic heterocycles. The molecule has 2 unspecified atom stereocenters. The van der Waals surface area contributed by atoms with Gasteiger partial charge in [0.05, 0.1) is 12.4 Å². The Morgan fingerprint density at radius 3 is 2.72 bits per heavy atom. The topological polar surface area (TPSA) is 91.4 Å². The van der Waals surface area contributed by atoms with Gasteiger partial charge < -0.3 is 10.3 Å². The zero-order valence-electron chi connectivity index (χ0n) is 9.74. The molecule has 0 radical (unpaired) electrons. The van der Waals surface area contributed by atoms with E-state index >= 15 is 0 Å². The maximum Gasteiger partial charge on any atom is 0.176 e. The van der Waals surface area contributed by atoms with E-state index < -0.39 is 0 Å². The number of nitriles is 2. The van der Waals surface area contributed by atoms with Crippen molar-refractivity contribution in [3.8, 4) is 12.1 Å². The summed E-state index contributed by atoms with van der Waals surface area (Å²) in [6, 6.07) is 5.53. The number of aromatic nitrogens is 2. The van der Waals surface area contributed by atoms with Crippen molar-refractivity contribution < 1.29 is 0 Å². The first-order chi connectivity index (χ1) is 8.69. The van der Waals surface area contributed by atoms with Gasteiger partial charge in [-0.15, -0.1) is 0 Å². The maximum atomic E-state index is 9.15. The third-order valence-corrected chi connectivity index (χ3v) is 3.39. The quantitative estimate of drug-likeness (QED) is 0.904. The molecular formula is C12H11N5S. The molecule has 0 aromatic carbocycles. The van der Waals surface area contributed by atoms with Crippen LogP contribution in [-0.4, -0.2) is 15.6 Å². The Hall–Kier alpha value is -2.15. The Morgan fingerprint density at radius 2 is 2.22 bits per heavy atom. The number of hydrogen-bond donors (Lipinski definition) is 1. The summed E-state index contributed by atoms with van der Waals surface area (Å²) in [6.45, 7) is 1.87. The van der Waals surface area contributed by atoms with E-state index in [9.17, 15) is 0 Å². The van der Waals surface area contributed by atoms with Crippen molar-refractivity contribution in [2.45, 2.75) is 19.0 Å². The van der Waals surface area contributed by atoms with Gasteiger partial charge >= 0.3 is 0 Å². The first-order valence-electron chi connectivity index (χ1n) is 5.33. The Morgan fingerprint density at radius 1 is 1.44 bits per heavy atom. The second-order valence-electron chi connectivity index (χ2n) is 3.93. The molecule has 0 aliphatic heterocycles. The van der Waals surface area contributed by atoms with E-state index in [1.54, 1.807) is 15.9 Å². The van der Waals surface area contributed by atoms with E-state index in [2.05, 4.69) is 4.98 Å². The van der Waals surface area contributed by atoms with Gasteiger partial charge in [0, 0.05) is 6.04 Å². The molecule has 0 spiro atoms. The van der Waals surface area contributed by atoms with E-state index in [4.69, 9.17) is 16.3 Å². The first-order valence-corrected chi connectivity index (χ1v) is 6.28. The van der Waals surface area contributed by atoms with Gasteiger partial charge in [0.15, 0.2) is 11.4 Å². The molecule has 6 heteroatoms. The van der Waals surface area contributed by atoms with Crippen molar-refractivity contribution in [1.29, 1.82) is 10.5 Å². The van der Waals surface area contributed by atoms with Crippen LogP contribution in [0.1, 0.15) is 29.9 Å². The molecule has 0 saturated heterocycles.